The second-order valence-corrected chi connectivity index (χ2v) is 7.90. The van der Waals surface area contributed by atoms with Crippen molar-refractivity contribution in [1.29, 1.82) is 0 Å². The molecular formula is C20H24N2O3S. The molecule has 0 unspecified atom stereocenters. The molecule has 2 aromatic rings. The molecule has 0 fully saturated rings. The standard InChI is InChI=1S/C20H24N2O3S/c1-22(2)20(24)18-11-15-10-14(7-8-17(15)26-18)19(23)21-12-13-5-4-6-16(9-13)25-3/h4-6,9,11,14H,7-8,10,12H2,1-3H3,(H,21,23)/t14-/m0/s1. The average molecular weight is 372 g/mol. The van der Waals surface area contributed by atoms with Gasteiger partial charge in [-0.3, -0.25) is 9.59 Å². The van der Waals surface area contributed by atoms with E-state index in [1.165, 1.54) is 4.88 Å². The molecule has 138 valence electrons. The van der Waals surface area contributed by atoms with Gasteiger partial charge in [0.1, 0.15) is 5.75 Å². The Morgan fingerprint density at radius 2 is 2.12 bits per heavy atom. The number of aryl methyl sites for hydroxylation is 1. The SMILES string of the molecule is COc1cccc(CNC(=O)[C@H]2CCc3sc(C(=O)N(C)C)cc3C2)c1. The van der Waals surface area contributed by atoms with Crippen LogP contribution < -0.4 is 10.1 Å². The highest BCUT2D eigenvalue weighted by molar-refractivity contribution is 7.14. The molecule has 1 aromatic carbocycles. The molecule has 0 saturated heterocycles. The number of nitrogens with zero attached hydrogens (tertiary/aromatic N) is 1. The van der Waals surface area contributed by atoms with Crippen LogP contribution in [0.3, 0.4) is 0 Å². The van der Waals surface area contributed by atoms with Crippen LogP contribution in [0.5, 0.6) is 5.75 Å². The Labute approximate surface area is 158 Å². The summed E-state index contributed by atoms with van der Waals surface area (Å²) in [5.41, 5.74) is 2.16. The molecule has 1 heterocycles. The molecule has 1 aliphatic rings. The highest BCUT2D eigenvalue weighted by Gasteiger charge is 2.27. The summed E-state index contributed by atoms with van der Waals surface area (Å²) in [4.78, 5) is 28.3. The summed E-state index contributed by atoms with van der Waals surface area (Å²) in [7, 11) is 5.15. The molecule has 0 saturated carbocycles. The van der Waals surface area contributed by atoms with Crippen LogP contribution in [0.4, 0.5) is 0 Å². The lowest BCUT2D eigenvalue weighted by molar-refractivity contribution is -0.125. The fourth-order valence-corrected chi connectivity index (χ4v) is 4.42. The minimum absolute atomic E-state index is 0.0310. The van der Waals surface area contributed by atoms with Crippen molar-refractivity contribution in [3.63, 3.8) is 0 Å². The minimum atomic E-state index is -0.0370. The molecule has 1 aromatic heterocycles. The zero-order chi connectivity index (χ0) is 18.7. The average Bonchev–Trinajstić information content (AvgIpc) is 3.08. The van der Waals surface area contributed by atoms with Crippen molar-refractivity contribution < 1.29 is 14.3 Å². The van der Waals surface area contributed by atoms with Crippen molar-refractivity contribution >= 4 is 23.2 Å². The summed E-state index contributed by atoms with van der Waals surface area (Å²) in [6, 6.07) is 9.67. The van der Waals surface area contributed by atoms with Crippen molar-refractivity contribution in [2.75, 3.05) is 21.2 Å². The molecule has 0 radical (unpaired) electrons. The quantitative estimate of drug-likeness (QED) is 0.878. The van der Waals surface area contributed by atoms with E-state index in [-0.39, 0.29) is 17.7 Å². The number of methoxy groups -OCH3 is 1. The summed E-state index contributed by atoms with van der Waals surface area (Å²) >= 11 is 1.56. The van der Waals surface area contributed by atoms with Crippen LogP contribution in [0.15, 0.2) is 30.3 Å². The van der Waals surface area contributed by atoms with E-state index < -0.39 is 0 Å². The van der Waals surface area contributed by atoms with E-state index in [2.05, 4.69) is 5.32 Å². The second kappa shape index (κ2) is 7.91. The Morgan fingerprint density at radius 1 is 1.31 bits per heavy atom. The third-order valence-electron chi connectivity index (χ3n) is 4.67. The first kappa shape index (κ1) is 18.5. The van der Waals surface area contributed by atoms with Gasteiger partial charge in [0.15, 0.2) is 0 Å². The van der Waals surface area contributed by atoms with Gasteiger partial charge in [0, 0.05) is 31.4 Å². The Kier molecular flexibility index (Phi) is 5.61. The molecule has 1 atom stereocenters. The normalized spacial score (nSPS) is 15.9. The van der Waals surface area contributed by atoms with Gasteiger partial charge >= 0.3 is 0 Å². The van der Waals surface area contributed by atoms with E-state index in [0.29, 0.717) is 13.0 Å². The molecule has 0 aliphatic heterocycles. The van der Waals surface area contributed by atoms with E-state index in [1.807, 2.05) is 30.3 Å². The van der Waals surface area contributed by atoms with Crippen molar-refractivity contribution in [3.05, 3.63) is 51.2 Å². The largest absolute Gasteiger partial charge is 0.497 e. The predicted octanol–water partition coefficient (Wildman–Crippen LogP) is 2.88. The number of rotatable bonds is 5. The van der Waals surface area contributed by atoms with Gasteiger partial charge in [-0.15, -0.1) is 11.3 Å². The van der Waals surface area contributed by atoms with Crippen LogP contribution in [0.25, 0.3) is 0 Å². The molecule has 0 spiro atoms. The van der Waals surface area contributed by atoms with Gasteiger partial charge in [0.25, 0.3) is 5.91 Å². The first-order valence-electron chi connectivity index (χ1n) is 8.72. The molecule has 0 bridgehead atoms. The Balaban J connectivity index is 1.61. The van der Waals surface area contributed by atoms with Crippen molar-refractivity contribution in [1.82, 2.24) is 10.2 Å². The highest BCUT2D eigenvalue weighted by atomic mass is 32.1. The van der Waals surface area contributed by atoms with Crippen LogP contribution in [0, 0.1) is 5.92 Å². The fraction of sp³-hybridized carbons (Fsp3) is 0.400. The van der Waals surface area contributed by atoms with Gasteiger partial charge in [-0.2, -0.15) is 0 Å². The summed E-state index contributed by atoms with van der Waals surface area (Å²) in [6.07, 6.45) is 2.39. The molecule has 1 N–H and O–H groups in total. The van der Waals surface area contributed by atoms with E-state index in [9.17, 15) is 9.59 Å². The summed E-state index contributed by atoms with van der Waals surface area (Å²) in [5.74, 6) is 0.856. The summed E-state index contributed by atoms with van der Waals surface area (Å²) in [6.45, 7) is 0.493. The molecule has 1 aliphatic carbocycles. The number of nitrogens with one attached hydrogen (secondary N) is 1. The lowest BCUT2D eigenvalue weighted by atomic mass is 9.87. The Bertz CT molecular complexity index is 813. The van der Waals surface area contributed by atoms with Gasteiger partial charge in [0.2, 0.25) is 5.91 Å². The van der Waals surface area contributed by atoms with E-state index in [4.69, 9.17) is 4.74 Å². The number of fused-ring (bicyclic) bond motifs is 1. The highest BCUT2D eigenvalue weighted by Crippen LogP contribution is 2.33. The molecular weight excluding hydrogens is 348 g/mol. The maximum absolute atomic E-state index is 12.6. The van der Waals surface area contributed by atoms with E-state index in [0.717, 1.165) is 34.6 Å². The number of thiophene rings is 1. The van der Waals surface area contributed by atoms with Crippen molar-refractivity contribution in [2.24, 2.45) is 5.92 Å². The third kappa shape index (κ3) is 4.07. The van der Waals surface area contributed by atoms with Crippen LogP contribution in [0.1, 0.15) is 32.1 Å². The van der Waals surface area contributed by atoms with E-state index >= 15 is 0 Å². The van der Waals surface area contributed by atoms with Crippen LogP contribution in [-0.4, -0.2) is 37.9 Å². The maximum atomic E-state index is 12.6. The van der Waals surface area contributed by atoms with Crippen LogP contribution in [-0.2, 0) is 24.2 Å². The zero-order valence-electron chi connectivity index (χ0n) is 15.4. The van der Waals surface area contributed by atoms with Crippen molar-refractivity contribution in [2.45, 2.75) is 25.8 Å². The first-order chi connectivity index (χ1) is 12.5. The lowest BCUT2D eigenvalue weighted by Crippen LogP contribution is -2.33. The number of ether oxygens (including phenoxy) is 1. The molecule has 2 amide bonds. The molecule has 26 heavy (non-hydrogen) atoms. The number of hydrogen-bond acceptors (Lipinski definition) is 4. The molecule has 6 heteroatoms. The van der Waals surface area contributed by atoms with Crippen molar-refractivity contribution in [3.8, 4) is 5.75 Å². The smallest absolute Gasteiger partial charge is 0.263 e. The van der Waals surface area contributed by atoms with E-state index in [1.54, 1.807) is 37.4 Å². The number of hydrogen-bond donors (Lipinski definition) is 1. The molecule has 3 rings (SSSR count). The van der Waals surface area contributed by atoms with Gasteiger partial charge < -0.3 is 15.0 Å². The summed E-state index contributed by atoms with van der Waals surface area (Å²) < 4.78 is 5.21. The maximum Gasteiger partial charge on any atom is 0.263 e. The number of amides is 2. The first-order valence-corrected chi connectivity index (χ1v) is 9.53. The van der Waals surface area contributed by atoms with Gasteiger partial charge in [-0.05, 0) is 48.6 Å². The van der Waals surface area contributed by atoms with Crippen LogP contribution >= 0.6 is 11.3 Å². The summed E-state index contributed by atoms with van der Waals surface area (Å²) in [5, 5.41) is 3.03. The van der Waals surface area contributed by atoms with Gasteiger partial charge in [0.05, 0.1) is 12.0 Å². The fourth-order valence-electron chi connectivity index (χ4n) is 3.19. The second-order valence-electron chi connectivity index (χ2n) is 6.77. The molecule has 5 nitrogen and oxygen atoms in total. The van der Waals surface area contributed by atoms with Crippen LogP contribution in [0.2, 0.25) is 0 Å². The third-order valence-corrected chi connectivity index (χ3v) is 5.90. The Morgan fingerprint density at radius 3 is 2.85 bits per heavy atom. The number of carbonyl (C=O) groups excluding carboxylic acids is 2. The predicted molar refractivity (Wildman–Crippen MR) is 103 cm³/mol. The Hall–Kier alpha value is -2.34. The van der Waals surface area contributed by atoms with Gasteiger partial charge in [-0.25, -0.2) is 0 Å². The number of benzene rings is 1. The minimum Gasteiger partial charge on any atom is -0.497 e. The lowest BCUT2D eigenvalue weighted by Gasteiger charge is -2.21. The zero-order valence-corrected chi connectivity index (χ0v) is 16.2. The topological polar surface area (TPSA) is 58.6 Å². The monoisotopic (exact) mass is 372 g/mol. The number of carbonyl (C=O) groups is 2. The van der Waals surface area contributed by atoms with Gasteiger partial charge in [-0.1, -0.05) is 12.1 Å².